The number of aryl methyl sites for hydroxylation is 4. The van der Waals surface area contributed by atoms with Gasteiger partial charge in [-0.05, 0) is 62.4 Å². The van der Waals surface area contributed by atoms with Crippen LogP contribution in [0, 0.1) is 27.7 Å². The van der Waals surface area contributed by atoms with Crippen LogP contribution < -0.4 is 10.1 Å². The first-order valence-corrected chi connectivity index (χ1v) is 8.47. The van der Waals surface area contributed by atoms with E-state index in [-0.39, 0.29) is 18.6 Å². The van der Waals surface area contributed by atoms with Gasteiger partial charge in [-0.1, -0.05) is 42.8 Å². The van der Waals surface area contributed by atoms with Crippen molar-refractivity contribution < 1.29 is 9.53 Å². The molecule has 2 aromatic carbocycles. The van der Waals surface area contributed by atoms with Crippen molar-refractivity contribution in [3.05, 3.63) is 64.2 Å². The van der Waals surface area contributed by atoms with Crippen molar-refractivity contribution >= 4 is 5.91 Å². The minimum atomic E-state index is -0.0947. The summed E-state index contributed by atoms with van der Waals surface area (Å²) in [7, 11) is 0. The van der Waals surface area contributed by atoms with Crippen molar-refractivity contribution in [2.24, 2.45) is 0 Å². The van der Waals surface area contributed by atoms with Gasteiger partial charge in [0.05, 0.1) is 6.04 Å². The first-order valence-electron chi connectivity index (χ1n) is 8.47. The Labute approximate surface area is 145 Å². The molecule has 2 rings (SSSR count). The Balaban J connectivity index is 2.00. The van der Waals surface area contributed by atoms with Crippen LogP contribution in [-0.2, 0) is 4.79 Å². The van der Waals surface area contributed by atoms with E-state index in [1.54, 1.807) is 0 Å². The summed E-state index contributed by atoms with van der Waals surface area (Å²) in [6, 6.07) is 12.4. The Kier molecular flexibility index (Phi) is 6.02. The van der Waals surface area contributed by atoms with Gasteiger partial charge < -0.3 is 10.1 Å². The second kappa shape index (κ2) is 8.00. The predicted octanol–water partition coefficient (Wildman–Crippen LogP) is 4.57. The van der Waals surface area contributed by atoms with E-state index in [1.807, 2.05) is 32.0 Å². The highest BCUT2D eigenvalue weighted by atomic mass is 16.5. The highest BCUT2D eigenvalue weighted by Crippen LogP contribution is 2.22. The molecule has 128 valence electrons. The molecule has 0 heterocycles. The lowest BCUT2D eigenvalue weighted by Gasteiger charge is -2.20. The van der Waals surface area contributed by atoms with Crippen molar-refractivity contribution in [2.75, 3.05) is 6.61 Å². The van der Waals surface area contributed by atoms with Gasteiger partial charge in [0.25, 0.3) is 5.91 Å². The lowest BCUT2D eigenvalue weighted by Crippen LogP contribution is -2.32. The van der Waals surface area contributed by atoms with Crippen LogP contribution in [0.4, 0.5) is 0 Å². The lowest BCUT2D eigenvalue weighted by atomic mass is 9.97. The van der Waals surface area contributed by atoms with Gasteiger partial charge in [-0.15, -0.1) is 0 Å². The summed E-state index contributed by atoms with van der Waals surface area (Å²) < 4.78 is 5.70. The zero-order valence-corrected chi connectivity index (χ0v) is 15.3. The summed E-state index contributed by atoms with van der Waals surface area (Å²) in [5, 5.41) is 3.08. The second-order valence-corrected chi connectivity index (χ2v) is 6.45. The molecule has 1 atom stereocenters. The number of hydrogen-bond donors (Lipinski definition) is 1. The third-order valence-corrected chi connectivity index (χ3v) is 4.25. The van der Waals surface area contributed by atoms with Crippen LogP contribution in [0.5, 0.6) is 5.75 Å². The minimum Gasteiger partial charge on any atom is -0.483 e. The molecule has 0 fully saturated rings. The van der Waals surface area contributed by atoms with Gasteiger partial charge in [0.2, 0.25) is 0 Å². The largest absolute Gasteiger partial charge is 0.483 e. The molecular formula is C21H27NO2. The third kappa shape index (κ3) is 4.60. The summed E-state index contributed by atoms with van der Waals surface area (Å²) in [4.78, 5) is 12.3. The topological polar surface area (TPSA) is 38.3 Å². The fourth-order valence-corrected chi connectivity index (χ4v) is 2.86. The van der Waals surface area contributed by atoms with Crippen LogP contribution in [0.3, 0.4) is 0 Å². The van der Waals surface area contributed by atoms with Crippen molar-refractivity contribution in [2.45, 2.75) is 47.1 Å². The Morgan fingerprint density at radius 2 is 1.67 bits per heavy atom. The van der Waals surface area contributed by atoms with Gasteiger partial charge >= 0.3 is 0 Å². The number of rotatable bonds is 6. The minimum absolute atomic E-state index is 0.0142. The normalized spacial score (nSPS) is 11.9. The van der Waals surface area contributed by atoms with Crippen molar-refractivity contribution in [1.82, 2.24) is 5.32 Å². The molecule has 0 saturated carbocycles. The van der Waals surface area contributed by atoms with Crippen molar-refractivity contribution in [1.29, 1.82) is 0 Å². The van der Waals surface area contributed by atoms with Gasteiger partial charge in [0, 0.05) is 0 Å². The Bertz CT molecular complexity index is 722. The van der Waals surface area contributed by atoms with E-state index < -0.39 is 0 Å². The number of benzene rings is 2. The summed E-state index contributed by atoms with van der Waals surface area (Å²) in [6.45, 7) is 10.3. The fourth-order valence-electron chi connectivity index (χ4n) is 2.86. The van der Waals surface area contributed by atoms with Crippen LogP contribution in [0.15, 0.2) is 36.4 Å². The van der Waals surface area contributed by atoms with Gasteiger partial charge in [0.15, 0.2) is 6.61 Å². The van der Waals surface area contributed by atoms with E-state index in [2.05, 4.69) is 44.3 Å². The van der Waals surface area contributed by atoms with Crippen molar-refractivity contribution in [3.8, 4) is 5.75 Å². The van der Waals surface area contributed by atoms with Crippen LogP contribution in [0.1, 0.15) is 47.2 Å². The smallest absolute Gasteiger partial charge is 0.258 e. The first-order chi connectivity index (χ1) is 11.4. The fraction of sp³-hybridized carbons (Fsp3) is 0.381. The molecule has 0 aliphatic heterocycles. The second-order valence-electron chi connectivity index (χ2n) is 6.45. The summed E-state index contributed by atoms with van der Waals surface area (Å²) in [6.07, 6.45) is 0.846. The van der Waals surface area contributed by atoms with E-state index in [4.69, 9.17) is 4.74 Å². The Morgan fingerprint density at radius 3 is 2.33 bits per heavy atom. The molecule has 0 bridgehead atoms. The molecule has 0 aromatic heterocycles. The maximum atomic E-state index is 12.3. The lowest BCUT2D eigenvalue weighted by molar-refractivity contribution is -0.123. The number of nitrogens with one attached hydrogen (secondary N) is 1. The average molecular weight is 325 g/mol. The zero-order valence-electron chi connectivity index (χ0n) is 15.3. The highest BCUT2D eigenvalue weighted by Gasteiger charge is 2.15. The van der Waals surface area contributed by atoms with Gasteiger partial charge in [-0.2, -0.15) is 0 Å². The Morgan fingerprint density at radius 1 is 1.00 bits per heavy atom. The molecule has 0 spiro atoms. The molecule has 0 saturated heterocycles. The maximum absolute atomic E-state index is 12.3. The van der Waals surface area contributed by atoms with E-state index in [9.17, 15) is 4.79 Å². The molecule has 24 heavy (non-hydrogen) atoms. The summed E-state index contributed by atoms with van der Waals surface area (Å²) >= 11 is 0. The Hall–Kier alpha value is -2.29. The van der Waals surface area contributed by atoms with Gasteiger partial charge in [0.1, 0.15) is 5.75 Å². The zero-order chi connectivity index (χ0) is 17.7. The van der Waals surface area contributed by atoms with E-state index in [0.717, 1.165) is 23.3 Å². The molecular weight excluding hydrogens is 298 g/mol. The standard InChI is InChI=1S/C21H27NO2/c1-6-19(18-10-8-14(2)11-17(18)5)22-21(23)13-24-20-12-15(3)7-9-16(20)4/h7-12,19H,6,13H2,1-5H3,(H,22,23). The van der Waals surface area contributed by atoms with E-state index >= 15 is 0 Å². The van der Waals surface area contributed by atoms with Crippen LogP contribution in [0.25, 0.3) is 0 Å². The highest BCUT2D eigenvalue weighted by molar-refractivity contribution is 5.78. The van der Waals surface area contributed by atoms with Crippen LogP contribution in [0.2, 0.25) is 0 Å². The molecule has 3 nitrogen and oxygen atoms in total. The van der Waals surface area contributed by atoms with Crippen LogP contribution >= 0.6 is 0 Å². The predicted molar refractivity (Wildman–Crippen MR) is 98.5 cm³/mol. The third-order valence-electron chi connectivity index (χ3n) is 4.25. The van der Waals surface area contributed by atoms with Gasteiger partial charge in [-0.25, -0.2) is 0 Å². The molecule has 1 N–H and O–H groups in total. The number of carbonyl (C=O) groups is 1. The summed E-state index contributed by atoms with van der Waals surface area (Å²) in [5.74, 6) is 0.674. The quantitative estimate of drug-likeness (QED) is 0.845. The summed E-state index contributed by atoms with van der Waals surface area (Å²) in [5.41, 5.74) is 5.77. The van der Waals surface area contributed by atoms with E-state index in [0.29, 0.717) is 0 Å². The van der Waals surface area contributed by atoms with Crippen LogP contribution in [-0.4, -0.2) is 12.5 Å². The number of carbonyl (C=O) groups excluding carboxylic acids is 1. The molecule has 0 aliphatic rings. The van der Waals surface area contributed by atoms with E-state index in [1.165, 1.54) is 16.7 Å². The average Bonchev–Trinajstić information content (AvgIpc) is 2.54. The number of amides is 1. The number of ether oxygens (including phenoxy) is 1. The van der Waals surface area contributed by atoms with Gasteiger partial charge in [-0.3, -0.25) is 4.79 Å². The molecule has 1 amide bonds. The number of hydrogen-bond acceptors (Lipinski definition) is 2. The molecule has 0 radical (unpaired) electrons. The molecule has 2 aromatic rings. The van der Waals surface area contributed by atoms with Crippen molar-refractivity contribution in [3.63, 3.8) is 0 Å². The SMILES string of the molecule is CCC(NC(=O)COc1cc(C)ccc1C)c1ccc(C)cc1C. The molecule has 0 aliphatic carbocycles. The first kappa shape index (κ1) is 18.1. The molecule has 1 unspecified atom stereocenters. The molecule has 3 heteroatoms. The maximum Gasteiger partial charge on any atom is 0.258 e. The monoisotopic (exact) mass is 325 g/mol.